The minimum Gasteiger partial charge on any atom is -0.465 e. The lowest BCUT2D eigenvalue weighted by Crippen LogP contribution is -2.36. The number of sulfonamides is 1. The number of carbonyl (C=O) groups excluding carboxylic acids is 2. The summed E-state index contributed by atoms with van der Waals surface area (Å²) in [6.45, 7) is 3.09. The number of hydrogen-bond acceptors (Lipinski definition) is 7. The van der Waals surface area contributed by atoms with Crippen molar-refractivity contribution < 1.29 is 27.5 Å². The summed E-state index contributed by atoms with van der Waals surface area (Å²) in [5.74, 6) is -0.832. The molecule has 0 radical (unpaired) electrons. The summed E-state index contributed by atoms with van der Waals surface area (Å²) in [5, 5.41) is 2.76. The monoisotopic (exact) mass is 459 g/mol. The van der Waals surface area contributed by atoms with Crippen LogP contribution in [-0.4, -0.2) is 66.0 Å². The van der Waals surface area contributed by atoms with E-state index in [-0.39, 0.29) is 11.3 Å². The van der Waals surface area contributed by atoms with Gasteiger partial charge in [0.15, 0.2) is 0 Å². The summed E-state index contributed by atoms with van der Waals surface area (Å²) in [5.41, 5.74) is 2.32. The number of benzene rings is 2. The Morgan fingerprint density at radius 1 is 1.00 bits per heavy atom. The summed E-state index contributed by atoms with van der Waals surface area (Å²) < 4.78 is 35.8. The molecule has 2 aliphatic rings. The van der Waals surface area contributed by atoms with Gasteiger partial charge in [0.25, 0.3) is 5.91 Å². The Balaban J connectivity index is 1.53. The lowest BCUT2D eigenvalue weighted by atomic mass is 10.1. The molecule has 2 aliphatic heterocycles. The Hall–Kier alpha value is -3.11. The molecule has 2 aromatic rings. The number of morpholine rings is 1. The Kier molecular flexibility index (Phi) is 6.33. The third-order valence-electron chi connectivity index (χ3n) is 5.55. The van der Waals surface area contributed by atoms with Crippen molar-refractivity contribution in [1.82, 2.24) is 0 Å². The second-order valence-electron chi connectivity index (χ2n) is 7.56. The van der Waals surface area contributed by atoms with E-state index in [1.165, 1.54) is 11.4 Å². The first-order valence-corrected chi connectivity index (χ1v) is 12.0. The van der Waals surface area contributed by atoms with Gasteiger partial charge in [0.1, 0.15) is 0 Å². The Bertz CT molecular complexity index is 1110. The quantitative estimate of drug-likeness (QED) is 0.683. The van der Waals surface area contributed by atoms with Gasteiger partial charge in [-0.05, 0) is 48.9 Å². The third kappa shape index (κ3) is 4.56. The Labute approximate surface area is 187 Å². The maximum Gasteiger partial charge on any atom is 0.340 e. The zero-order chi connectivity index (χ0) is 22.7. The summed E-state index contributed by atoms with van der Waals surface area (Å²) in [6.07, 6.45) is 0.585. The van der Waals surface area contributed by atoms with E-state index in [0.717, 1.165) is 5.69 Å². The molecule has 2 heterocycles. The molecule has 0 bridgehead atoms. The van der Waals surface area contributed by atoms with Crippen LogP contribution < -0.4 is 14.5 Å². The molecular weight excluding hydrogens is 434 g/mol. The molecule has 2 fully saturated rings. The number of nitrogens with one attached hydrogen (secondary N) is 1. The van der Waals surface area contributed by atoms with Crippen molar-refractivity contribution in [2.75, 3.05) is 60.2 Å². The van der Waals surface area contributed by atoms with Crippen LogP contribution in [0.5, 0.6) is 0 Å². The normalized spacial score (nSPS) is 17.8. The number of nitrogens with zero attached hydrogens (tertiary/aromatic N) is 2. The first-order chi connectivity index (χ1) is 15.4. The first-order valence-electron chi connectivity index (χ1n) is 10.4. The van der Waals surface area contributed by atoms with Crippen molar-refractivity contribution in [2.24, 2.45) is 0 Å². The van der Waals surface area contributed by atoms with E-state index in [9.17, 15) is 18.0 Å². The van der Waals surface area contributed by atoms with Gasteiger partial charge in [0, 0.05) is 30.9 Å². The molecule has 2 saturated heterocycles. The average molecular weight is 460 g/mol. The maximum atomic E-state index is 12.8. The predicted octanol–water partition coefficient (Wildman–Crippen LogP) is 2.10. The van der Waals surface area contributed by atoms with Gasteiger partial charge in [-0.15, -0.1) is 0 Å². The second-order valence-corrected chi connectivity index (χ2v) is 9.58. The van der Waals surface area contributed by atoms with Crippen molar-refractivity contribution in [2.45, 2.75) is 6.42 Å². The van der Waals surface area contributed by atoms with Crippen molar-refractivity contribution in [1.29, 1.82) is 0 Å². The van der Waals surface area contributed by atoms with E-state index in [1.54, 1.807) is 36.4 Å². The van der Waals surface area contributed by atoms with Crippen molar-refractivity contribution in [3.8, 4) is 0 Å². The van der Waals surface area contributed by atoms with E-state index in [1.807, 2.05) is 6.07 Å². The molecule has 170 valence electrons. The fourth-order valence-corrected chi connectivity index (χ4v) is 5.41. The van der Waals surface area contributed by atoms with Crippen molar-refractivity contribution >= 4 is 39.0 Å². The Morgan fingerprint density at radius 3 is 2.31 bits per heavy atom. The lowest BCUT2D eigenvalue weighted by Gasteiger charge is -2.29. The zero-order valence-corrected chi connectivity index (χ0v) is 18.6. The van der Waals surface area contributed by atoms with Gasteiger partial charge in [-0.2, -0.15) is 0 Å². The van der Waals surface area contributed by atoms with E-state index in [4.69, 9.17) is 9.47 Å². The van der Waals surface area contributed by atoms with E-state index in [0.29, 0.717) is 56.2 Å². The standard InChI is InChI=1S/C22H25N3O6S/c1-30-22(27)19-15-18(24-10-12-31-13-11-24)7-8-20(19)23-21(26)16-3-5-17(6-4-16)25-9-2-14-32(25,28)29/h3-8,15H,2,9-14H2,1H3,(H,23,26). The molecule has 0 spiro atoms. The summed E-state index contributed by atoms with van der Waals surface area (Å²) >= 11 is 0. The largest absolute Gasteiger partial charge is 0.465 e. The average Bonchev–Trinajstić information content (AvgIpc) is 3.18. The molecule has 0 aliphatic carbocycles. The number of hydrogen-bond donors (Lipinski definition) is 1. The number of ether oxygens (including phenoxy) is 2. The highest BCUT2D eigenvalue weighted by molar-refractivity contribution is 7.93. The van der Waals surface area contributed by atoms with E-state index < -0.39 is 21.9 Å². The van der Waals surface area contributed by atoms with Gasteiger partial charge in [0.05, 0.1) is 43.0 Å². The minimum atomic E-state index is -3.28. The van der Waals surface area contributed by atoms with Crippen LogP contribution in [-0.2, 0) is 19.5 Å². The van der Waals surface area contributed by atoms with E-state index in [2.05, 4.69) is 10.2 Å². The smallest absolute Gasteiger partial charge is 0.340 e. The van der Waals surface area contributed by atoms with Crippen molar-refractivity contribution in [3.63, 3.8) is 0 Å². The molecule has 1 N–H and O–H groups in total. The minimum absolute atomic E-state index is 0.131. The molecule has 9 nitrogen and oxygen atoms in total. The highest BCUT2D eigenvalue weighted by atomic mass is 32.2. The van der Waals surface area contributed by atoms with Gasteiger partial charge >= 0.3 is 5.97 Å². The fraction of sp³-hybridized carbons (Fsp3) is 0.364. The number of anilines is 3. The number of amides is 1. The van der Waals surface area contributed by atoms with Crippen LogP contribution >= 0.6 is 0 Å². The summed E-state index contributed by atoms with van der Waals surface area (Å²) in [6, 6.07) is 11.6. The molecule has 32 heavy (non-hydrogen) atoms. The summed E-state index contributed by atoms with van der Waals surface area (Å²) in [4.78, 5) is 27.3. The summed E-state index contributed by atoms with van der Waals surface area (Å²) in [7, 11) is -1.99. The van der Waals surface area contributed by atoms with Gasteiger partial charge in [0.2, 0.25) is 10.0 Å². The number of carbonyl (C=O) groups is 2. The van der Waals surface area contributed by atoms with Crippen LogP contribution in [0.2, 0.25) is 0 Å². The van der Waals surface area contributed by atoms with Crippen LogP contribution in [0.15, 0.2) is 42.5 Å². The zero-order valence-electron chi connectivity index (χ0n) is 17.7. The molecule has 2 aromatic carbocycles. The third-order valence-corrected chi connectivity index (χ3v) is 7.42. The predicted molar refractivity (Wildman–Crippen MR) is 121 cm³/mol. The van der Waals surface area contributed by atoms with E-state index >= 15 is 0 Å². The highest BCUT2D eigenvalue weighted by Gasteiger charge is 2.28. The first kappa shape index (κ1) is 22.1. The molecule has 1 amide bonds. The second kappa shape index (κ2) is 9.17. The molecule has 0 saturated carbocycles. The topological polar surface area (TPSA) is 105 Å². The van der Waals surface area contributed by atoms with Crippen LogP contribution in [0.25, 0.3) is 0 Å². The molecule has 0 atom stereocenters. The van der Waals surface area contributed by atoms with Gasteiger partial charge in [-0.25, -0.2) is 13.2 Å². The van der Waals surface area contributed by atoms with Gasteiger partial charge < -0.3 is 19.7 Å². The molecule has 0 aromatic heterocycles. The number of esters is 1. The van der Waals surface area contributed by atoms with Crippen LogP contribution in [0.3, 0.4) is 0 Å². The van der Waals surface area contributed by atoms with Gasteiger partial charge in [-0.1, -0.05) is 0 Å². The molecule has 4 rings (SSSR count). The molecule has 10 heteroatoms. The molecular formula is C22H25N3O6S. The van der Waals surface area contributed by atoms with Gasteiger partial charge in [-0.3, -0.25) is 9.10 Å². The maximum absolute atomic E-state index is 12.8. The van der Waals surface area contributed by atoms with Crippen LogP contribution in [0.4, 0.5) is 17.1 Å². The molecule has 0 unspecified atom stereocenters. The van der Waals surface area contributed by atoms with Crippen molar-refractivity contribution in [3.05, 3.63) is 53.6 Å². The van der Waals surface area contributed by atoms with Crippen LogP contribution in [0.1, 0.15) is 27.1 Å². The number of methoxy groups -OCH3 is 1. The number of rotatable bonds is 5. The highest BCUT2D eigenvalue weighted by Crippen LogP contribution is 2.27. The van der Waals surface area contributed by atoms with Crippen LogP contribution in [0, 0.1) is 0 Å². The Morgan fingerprint density at radius 2 is 1.69 bits per heavy atom. The lowest BCUT2D eigenvalue weighted by molar-refractivity contribution is 0.0602. The SMILES string of the molecule is COC(=O)c1cc(N2CCOCC2)ccc1NC(=O)c1ccc(N2CCCS2(=O)=O)cc1. The fourth-order valence-electron chi connectivity index (χ4n) is 3.84.